The van der Waals surface area contributed by atoms with Gasteiger partial charge in [0.15, 0.2) is 0 Å². The number of hydrazine groups is 1. The highest BCUT2D eigenvalue weighted by Gasteiger charge is 2.42. The average Bonchev–Trinajstić information content (AvgIpc) is 2.44. The number of carbonyl (C=O) groups excluding carboxylic acids is 1. The Hall–Kier alpha value is -1.29. The van der Waals surface area contributed by atoms with Crippen LogP contribution in [-0.4, -0.2) is 5.91 Å². The molecule has 1 N–H and O–H groups in total. The van der Waals surface area contributed by atoms with E-state index in [9.17, 15) is 4.79 Å². The Morgan fingerprint density at radius 3 is 2.31 bits per heavy atom. The molecule has 1 aromatic rings. The molecular formula is C12H13BrN2O. The van der Waals surface area contributed by atoms with Crippen molar-refractivity contribution in [2.75, 3.05) is 5.01 Å². The molecule has 4 heteroatoms. The maximum absolute atomic E-state index is 11.7. The molecule has 84 valence electrons. The van der Waals surface area contributed by atoms with Crippen LogP contribution in [0.15, 0.2) is 41.0 Å². The van der Waals surface area contributed by atoms with E-state index in [-0.39, 0.29) is 5.91 Å². The van der Waals surface area contributed by atoms with Crippen molar-refractivity contribution in [1.82, 2.24) is 5.43 Å². The normalized spacial score (nSPS) is 18.8. The van der Waals surface area contributed by atoms with Gasteiger partial charge in [0, 0.05) is 10.2 Å². The monoisotopic (exact) mass is 280 g/mol. The standard InChI is InChI=1S/C12H13BrN2O/c1-8-12(2,3)11(16)14-15(8)10-6-4-9(13)5-7-10/h4-7H,1H2,2-3H3,(H,14,16). The summed E-state index contributed by atoms with van der Waals surface area (Å²) in [6.45, 7) is 7.70. The topological polar surface area (TPSA) is 32.3 Å². The Bertz CT molecular complexity index is 451. The Labute approximate surface area is 103 Å². The second-order valence-electron chi connectivity index (χ2n) is 4.32. The number of carbonyl (C=O) groups is 1. The van der Waals surface area contributed by atoms with E-state index in [2.05, 4.69) is 27.9 Å². The third kappa shape index (κ3) is 1.63. The minimum Gasteiger partial charge on any atom is -0.272 e. The van der Waals surface area contributed by atoms with Crippen LogP contribution in [0.1, 0.15) is 13.8 Å². The van der Waals surface area contributed by atoms with Crippen molar-refractivity contribution < 1.29 is 4.79 Å². The molecule has 0 aromatic heterocycles. The minimum atomic E-state index is -0.549. The van der Waals surface area contributed by atoms with E-state index in [1.54, 1.807) is 5.01 Å². The lowest BCUT2D eigenvalue weighted by molar-refractivity contribution is -0.125. The summed E-state index contributed by atoms with van der Waals surface area (Å²) in [7, 11) is 0. The minimum absolute atomic E-state index is 0.0274. The highest BCUT2D eigenvalue weighted by molar-refractivity contribution is 9.10. The van der Waals surface area contributed by atoms with E-state index in [1.165, 1.54) is 0 Å². The number of amides is 1. The van der Waals surface area contributed by atoms with Crippen molar-refractivity contribution in [3.8, 4) is 0 Å². The summed E-state index contributed by atoms with van der Waals surface area (Å²) in [6, 6.07) is 7.72. The van der Waals surface area contributed by atoms with Gasteiger partial charge in [-0.1, -0.05) is 22.5 Å². The van der Waals surface area contributed by atoms with Gasteiger partial charge in [0.05, 0.1) is 11.1 Å². The third-order valence-electron chi connectivity index (χ3n) is 2.86. The van der Waals surface area contributed by atoms with E-state index < -0.39 is 5.41 Å². The Morgan fingerprint density at radius 1 is 1.31 bits per heavy atom. The molecule has 1 aliphatic heterocycles. The Morgan fingerprint density at radius 2 is 1.88 bits per heavy atom. The molecule has 0 bridgehead atoms. The molecule has 1 aliphatic rings. The van der Waals surface area contributed by atoms with Crippen LogP contribution in [-0.2, 0) is 4.79 Å². The van der Waals surface area contributed by atoms with Gasteiger partial charge in [0.2, 0.25) is 5.91 Å². The van der Waals surface area contributed by atoms with Crippen LogP contribution < -0.4 is 10.4 Å². The second-order valence-corrected chi connectivity index (χ2v) is 5.24. The van der Waals surface area contributed by atoms with Crippen LogP contribution in [0, 0.1) is 5.41 Å². The first kappa shape index (κ1) is 11.2. The van der Waals surface area contributed by atoms with Crippen molar-refractivity contribution in [1.29, 1.82) is 0 Å². The first-order valence-corrected chi connectivity index (χ1v) is 5.78. The fourth-order valence-electron chi connectivity index (χ4n) is 1.53. The molecule has 1 amide bonds. The van der Waals surface area contributed by atoms with E-state index in [1.807, 2.05) is 38.1 Å². The maximum atomic E-state index is 11.7. The van der Waals surface area contributed by atoms with Gasteiger partial charge in [-0.05, 0) is 38.1 Å². The number of nitrogens with zero attached hydrogens (tertiary/aromatic N) is 1. The molecule has 0 saturated carbocycles. The molecule has 1 fully saturated rings. The maximum Gasteiger partial charge on any atom is 0.250 e. The third-order valence-corrected chi connectivity index (χ3v) is 3.39. The number of nitrogens with one attached hydrogen (secondary N) is 1. The van der Waals surface area contributed by atoms with Gasteiger partial charge in [-0.3, -0.25) is 15.2 Å². The number of anilines is 1. The van der Waals surface area contributed by atoms with Crippen LogP contribution in [0.4, 0.5) is 5.69 Å². The average molecular weight is 281 g/mol. The van der Waals surface area contributed by atoms with Gasteiger partial charge in [-0.15, -0.1) is 0 Å². The summed E-state index contributed by atoms with van der Waals surface area (Å²) in [6.07, 6.45) is 0. The Kier molecular flexibility index (Phi) is 2.54. The molecule has 0 unspecified atom stereocenters. The van der Waals surface area contributed by atoms with Gasteiger partial charge in [-0.2, -0.15) is 0 Å². The van der Waals surface area contributed by atoms with E-state index in [4.69, 9.17) is 0 Å². The highest BCUT2D eigenvalue weighted by Crippen LogP contribution is 2.35. The second kappa shape index (κ2) is 3.63. The van der Waals surface area contributed by atoms with E-state index in [0.717, 1.165) is 15.9 Å². The first-order chi connectivity index (χ1) is 7.43. The summed E-state index contributed by atoms with van der Waals surface area (Å²) in [5.41, 5.74) is 3.93. The van der Waals surface area contributed by atoms with Gasteiger partial charge in [0.25, 0.3) is 0 Å². The SMILES string of the molecule is C=C1N(c2ccc(Br)cc2)NC(=O)C1(C)C. The first-order valence-electron chi connectivity index (χ1n) is 4.99. The largest absolute Gasteiger partial charge is 0.272 e. The molecule has 1 heterocycles. The molecule has 1 aromatic carbocycles. The zero-order chi connectivity index (χ0) is 11.9. The van der Waals surface area contributed by atoms with Crippen molar-refractivity contribution in [3.63, 3.8) is 0 Å². The molecule has 0 atom stereocenters. The van der Waals surface area contributed by atoms with E-state index >= 15 is 0 Å². The molecule has 0 radical (unpaired) electrons. The van der Waals surface area contributed by atoms with Crippen molar-refractivity contribution >= 4 is 27.5 Å². The van der Waals surface area contributed by atoms with Gasteiger partial charge in [0.1, 0.15) is 0 Å². The predicted molar refractivity (Wildman–Crippen MR) is 67.7 cm³/mol. The smallest absolute Gasteiger partial charge is 0.250 e. The quantitative estimate of drug-likeness (QED) is 0.858. The lowest BCUT2D eigenvalue weighted by Crippen LogP contribution is -2.32. The van der Waals surface area contributed by atoms with Crippen LogP contribution >= 0.6 is 15.9 Å². The number of halogens is 1. The predicted octanol–water partition coefficient (Wildman–Crippen LogP) is 2.84. The van der Waals surface area contributed by atoms with Crippen LogP contribution in [0.5, 0.6) is 0 Å². The van der Waals surface area contributed by atoms with Crippen LogP contribution in [0.25, 0.3) is 0 Å². The molecule has 2 rings (SSSR count). The van der Waals surface area contributed by atoms with Gasteiger partial charge in [-0.25, -0.2) is 0 Å². The van der Waals surface area contributed by atoms with Gasteiger partial charge >= 0.3 is 0 Å². The fourth-order valence-corrected chi connectivity index (χ4v) is 1.79. The lowest BCUT2D eigenvalue weighted by Gasteiger charge is -2.21. The lowest BCUT2D eigenvalue weighted by atomic mass is 9.90. The summed E-state index contributed by atoms with van der Waals surface area (Å²) in [4.78, 5) is 11.7. The Balaban J connectivity index is 2.35. The highest BCUT2D eigenvalue weighted by atomic mass is 79.9. The van der Waals surface area contributed by atoms with Crippen LogP contribution in [0.2, 0.25) is 0 Å². The van der Waals surface area contributed by atoms with Crippen molar-refractivity contribution in [2.24, 2.45) is 5.41 Å². The number of hydrogen-bond acceptors (Lipinski definition) is 2. The summed E-state index contributed by atoms with van der Waals surface area (Å²) < 4.78 is 1.01. The number of benzene rings is 1. The van der Waals surface area contributed by atoms with E-state index in [0.29, 0.717) is 0 Å². The van der Waals surface area contributed by atoms with Crippen LogP contribution in [0.3, 0.4) is 0 Å². The molecule has 0 spiro atoms. The number of hydrogen-bond donors (Lipinski definition) is 1. The van der Waals surface area contributed by atoms with Crippen molar-refractivity contribution in [3.05, 3.63) is 41.0 Å². The molecule has 0 aliphatic carbocycles. The number of rotatable bonds is 1. The molecule has 16 heavy (non-hydrogen) atoms. The zero-order valence-electron chi connectivity index (χ0n) is 9.25. The summed E-state index contributed by atoms with van der Waals surface area (Å²) in [5, 5.41) is 1.73. The zero-order valence-corrected chi connectivity index (χ0v) is 10.8. The van der Waals surface area contributed by atoms with Crippen molar-refractivity contribution in [2.45, 2.75) is 13.8 Å². The summed E-state index contributed by atoms with van der Waals surface area (Å²) >= 11 is 3.38. The molecule has 3 nitrogen and oxygen atoms in total. The van der Waals surface area contributed by atoms with Gasteiger partial charge < -0.3 is 0 Å². The summed E-state index contributed by atoms with van der Waals surface area (Å²) in [5.74, 6) is -0.0274. The molecular weight excluding hydrogens is 268 g/mol. The molecule has 1 saturated heterocycles. The fraction of sp³-hybridized carbons (Fsp3) is 0.250.